The van der Waals surface area contributed by atoms with Gasteiger partial charge in [-0.05, 0) is 51.8 Å². The van der Waals surface area contributed by atoms with Gasteiger partial charge in [0.2, 0.25) is 0 Å². The maximum Gasteiger partial charge on any atom is 0.135 e. The van der Waals surface area contributed by atoms with Gasteiger partial charge in [0.25, 0.3) is 0 Å². The molecular formula is C13H18Br2N2O. The van der Waals surface area contributed by atoms with E-state index >= 15 is 0 Å². The Bertz CT molecular complexity index is 439. The summed E-state index contributed by atoms with van der Waals surface area (Å²) < 4.78 is 7.45. The van der Waals surface area contributed by atoms with E-state index < -0.39 is 0 Å². The molecule has 0 bridgehead atoms. The maximum atomic E-state index is 5.38. The molecule has 1 fully saturated rings. The van der Waals surface area contributed by atoms with Crippen LogP contribution in [0.1, 0.15) is 13.8 Å². The first kappa shape index (κ1) is 14.2. The van der Waals surface area contributed by atoms with Crippen LogP contribution < -0.4 is 15.0 Å². The number of anilines is 1. The third kappa shape index (κ3) is 2.83. The van der Waals surface area contributed by atoms with E-state index in [0.29, 0.717) is 12.1 Å². The van der Waals surface area contributed by atoms with Crippen molar-refractivity contribution in [1.29, 1.82) is 0 Å². The number of halogens is 2. The Hall–Kier alpha value is -0.260. The predicted octanol–water partition coefficient (Wildman–Crippen LogP) is 3.41. The third-order valence-corrected chi connectivity index (χ3v) is 4.55. The summed E-state index contributed by atoms with van der Waals surface area (Å²) in [6.07, 6.45) is 0. The van der Waals surface area contributed by atoms with Crippen LogP contribution in [0.5, 0.6) is 5.75 Å². The smallest absolute Gasteiger partial charge is 0.135 e. The Kier molecular flexibility index (Phi) is 4.56. The molecule has 2 rings (SSSR count). The molecule has 3 nitrogen and oxygen atoms in total. The van der Waals surface area contributed by atoms with Gasteiger partial charge in [-0.2, -0.15) is 0 Å². The summed E-state index contributed by atoms with van der Waals surface area (Å²) in [5, 5.41) is 3.49. The molecule has 5 heteroatoms. The molecule has 0 aliphatic carbocycles. The highest BCUT2D eigenvalue weighted by Gasteiger charge is 2.24. The highest BCUT2D eigenvalue weighted by Crippen LogP contribution is 2.37. The number of hydrogen-bond acceptors (Lipinski definition) is 3. The van der Waals surface area contributed by atoms with Gasteiger partial charge in [-0.25, -0.2) is 0 Å². The van der Waals surface area contributed by atoms with Gasteiger partial charge < -0.3 is 15.0 Å². The van der Waals surface area contributed by atoms with Crippen LogP contribution in [0, 0.1) is 0 Å². The van der Waals surface area contributed by atoms with Gasteiger partial charge in [0.15, 0.2) is 0 Å². The Balaban J connectivity index is 2.36. The lowest BCUT2D eigenvalue weighted by atomic mass is 10.1. The zero-order chi connectivity index (χ0) is 13.3. The number of benzene rings is 1. The van der Waals surface area contributed by atoms with Gasteiger partial charge in [-0.1, -0.05) is 0 Å². The Morgan fingerprint density at radius 2 is 2.00 bits per heavy atom. The summed E-state index contributed by atoms with van der Waals surface area (Å²) in [6.45, 7) is 6.46. The molecule has 1 heterocycles. The normalized spacial score (nSPS) is 24.2. The van der Waals surface area contributed by atoms with Crippen LogP contribution in [0.2, 0.25) is 0 Å². The van der Waals surface area contributed by atoms with Crippen molar-refractivity contribution in [3.05, 3.63) is 21.1 Å². The van der Waals surface area contributed by atoms with E-state index in [-0.39, 0.29) is 0 Å². The monoisotopic (exact) mass is 376 g/mol. The van der Waals surface area contributed by atoms with E-state index in [9.17, 15) is 0 Å². The Morgan fingerprint density at radius 3 is 2.67 bits per heavy atom. The number of nitrogens with one attached hydrogen (secondary N) is 1. The molecular weight excluding hydrogens is 360 g/mol. The van der Waals surface area contributed by atoms with Crippen molar-refractivity contribution in [2.45, 2.75) is 25.9 Å². The second kappa shape index (κ2) is 5.80. The minimum absolute atomic E-state index is 0.475. The summed E-state index contributed by atoms with van der Waals surface area (Å²) >= 11 is 7.15. The van der Waals surface area contributed by atoms with E-state index in [1.165, 1.54) is 5.69 Å². The SMILES string of the molecule is COc1cc(N2CC(C)NCC2C)c(Br)cc1Br. The zero-order valence-electron chi connectivity index (χ0n) is 10.8. The third-order valence-electron chi connectivity index (χ3n) is 3.30. The van der Waals surface area contributed by atoms with Crippen LogP contribution in [-0.2, 0) is 0 Å². The van der Waals surface area contributed by atoms with Crippen molar-refractivity contribution >= 4 is 37.5 Å². The molecule has 0 aromatic heterocycles. The number of rotatable bonds is 2. The van der Waals surface area contributed by atoms with Gasteiger partial charge in [-0.3, -0.25) is 0 Å². The molecule has 0 spiro atoms. The fourth-order valence-electron chi connectivity index (χ4n) is 2.25. The van der Waals surface area contributed by atoms with Crippen LogP contribution in [0.4, 0.5) is 5.69 Å². The second-order valence-electron chi connectivity index (χ2n) is 4.75. The lowest BCUT2D eigenvalue weighted by Crippen LogP contribution is -2.54. The number of methoxy groups -OCH3 is 1. The molecule has 2 unspecified atom stereocenters. The molecule has 100 valence electrons. The lowest BCUT2D eigenvalue weighted by Gasteiger charge is -2.39. The summed E-state index contributed by atoms with van der Waals surface area (Å²) in [5.74, 6) is 0.867. The van der Waals surface area contributed by atoms with Crippen molar-refractivity contribution in [1.82, 2.24) is 5.32 Å². The first-order valence-corrected chi connectivity index (χ1v) is 7.64. The van der Waals surface area contributed by atoms with Crippen molar-refractivity contribution in [2.75, 3.05) is 25.1 Å². The quantitative estimate of drug-likeness (QED) is 0.854. The second-order valence-corrected chi connectivity index (χ2v) is 6.46. The minimum atomic E-state index is 0.475. The summed E-state index contributed by atoms with van der Waals surface area (Å²) in [5.41, 5.74) is 1.19. The standard InChI is InChI=1S/C13H18Br2N2O/c1-8-7-17(9(2)6-16-8)12-5-13(18-3)11(15)4-10(12)14/h4-5,8-9,16H,6-7H2,1-3H3. The largest absolute Gasteiger partial charge is 0.495 e. The van der Waals surface area contributed by atoms with E-state index in [2.05, 4.69) is 62.0 Å². The number of piperazine rings is 1. The summed E-state index contributed by atoms with van der Waals surface area (Å²) in [7, 11) is 1.70. The molecule has 18 heavy (non-hydrogen) atoms. The van der Waals surface area contributed by atoms with Crippen molar-refractivity contribution in [3.8, 4) is 5.75 Å². The van der Waals surface area contributed by atoms with Gasteiger partial charge >= 0.3 is 0 Å². The molecule has 1 saturated heterocycles. The van der Waals surface area contributed by atoms with Gasteiger partial charge in [0.05, 0.1) is 17.3 Å². The molecule has 0 amide bonds. The molecule has 1 aliphatic heterocycles. The van der Waals surface area contributed by atoms with E-state index in [0.717, 1.165) is 27.8 Å². The molecule has 2 atom stereocenters. The highest BCUT2D eigenvalue weighted by molar-refractivity contribution is 9.11. The molecule has 0 saturated carbocycles. The van der Waals surface area contributed by atoms with Gasteiger partial charge in [-0.15, -0.1) is 0 Å². The fraction of sp³-hybridized carbons (Fsp3) is 0.538. The lowest BCUT2D eigenvalue weighted by molar-refractivity contribution is 0.408. The Morgan fingerprint density at radius 1 is 1.28 bits per heavy atom. The zero-order valence-corrected chi connectivity index (χ0v) is 14.0. The van der Waals surface area contributed by atoms with E-state index in [1.807, 2.05) is 6.07 Å². The van der Waals surface area contributed by atoms with Crippen LogP contribution in [0.15, 0.2) is 21.1 Å². The van der Waals surface area contributed by atoms with E-state index in [4.69, 9.17) is 4.74 Å². The summed E-state index contributed by atoms with van der Waals surface area (Å²) in [4.78, 5) is 2.42. The van der Waals surface area contributed by atoms with Crippen LogP contribution in [-0.4, -0.2) is 32.3 Å². The molecule has 1 aromatic rings. The molecule has 0 radical (unpaired) electrons. The van der Waals surface area contributed by atoms with Crippen molar-refractivity contribution in [2.24, 2.45) is 0 Å². The highest BCUT2D eigenvalue weighted by atomic mass is 79.9. The van der Waals surface area contributed by atoms with Gasteiger partial charge in [0.1, 0.15) is 5.75 Å². The first-order chi connectivity index (χ1) is 8.52. The van der Waals surface area contributed by atoms with Crippen LogP contribution in [0.25, 0.3) is 0 Å². The number of nitrogens with zero attached hydrogens (tertiary/aromatic N) is 1. The fourth-order valence-corrected chi connectivity index (χ4v) is 3.64. The maximum absolute atomic E-state index is 5.38. The van der Waals surface area contributed by atoms with Crippen LogP contribution >= 0.6 is 31.9 Å². The number of hydrogen-bond donors (Lipinski definition) is 1. The van der Waals surface area contributed by atoms with Crippen molar-refractivity contribution < 1.29 is 4.74 Å². The topological polar surface area (TPSA) is 24.5 Å². The number of ether oxygens (including phenoxy) is 1. The Labute approximate surface area is 125 Å². The molecule has 1 aromatic carbocycles. The van der Waals surface area contributed by atoms with Crippen molar-refractivity contribution in [3.63, 3.8) is 0 Å². The van der Waals surface area contributed by atoms with Crippen LogP contribution in [0.3, 0.4) is 0 Å². The molecule has 1 N–H and O–H groups in total. The average molecular weight is 378 g/mol. The first-order valence-electron chi connectivity index (χ1n) is 6.06. The van der Waals surface area contributed by atoms with Gasteiger partial charge in [0, 0.05) is 35.7 Å². The average Bonchev–Trinajstić information content (AvgIpc) is 2.33. The predicted molar refractivity (Wildman–Crippen MR) is 82.7 cm³/mol. The van der Waals surface area contributed by atoms with E-state index in [1.54, 1.807) is 7.11 Å². The molecule has 1 aliphatic rings. The summed E-state index contributed by atoms with van der Waals surface area (Å²) in [6, 6.07) is 5.11. The minimum Gasteiger partial charge on any atom is -0.495 e.